The molecule has 0 atom stereocenters. The predicted octanol–water partition coefficient (Wildman–Crippen LogP) is 2.80. The first-order valence-corrected chi connectivity index (χ1v) is 5.41. The molecule has 82 valence electrons. The molecule has 1 aromatic carbocycles. The van der Waals surface area contributed by atoms with Gasteiger partial charge in [0.25, 0.3) is 0 Å². The molecule has 0 aliphatic rings. The molecule has 2 N–H and O–H groups in total. The Bertz CT molecular complexity index is 534. The normalized spacial score (nSPS) is 10.6. The summed E-state index contributed by atoms with van der Waals surface area (Å²) in [4.78, 5) is 16.0. The fraction of sp³-hybridized carbons (Fsp3) is 0.231. The van der Waals surface area contributed by atoms with E-state index >= 15 is 0 Å². The van der Waals surface area contributed by atoms with Crippen molar-refractivity contribution < 1.29 is 4.79 Å². The van der Waals surface area contributed by atoms with Crippen molar-refractivity contribution in [1.82, 2.24) is 4.98 Å². The summed E-state index contributed by atoms with van der Waals surface area (Å²) in [5.74, 6) is 0.0555. The zero-order valence-electron chi connectivity index (χ0n) is 9.23. The summed E-state index contributed by atoms with van der Waals surface area (Å²) in [7, 11) is 0. The number of aromatic nitrogens is 1. The zero-order valence-corrected chi connectivity index (χ0v) is 9.23. The fourth-order valence-electron chi connectivity index (χ4n) is 1.70. The Labute approximate surface area is 94.3 Å². The van der Waals surface area contributed by atoms with Crippen molar-refractivity contribution in [3.05, 3.63) is 36.0 Å². The van der Waals surface area contributed by atoms with Gasteiger partial charge in [-0.05, 0) is 18.6 Å². The summed E-state index contributed by atoms with van der Waals surface area (Å²) < 4.78 is 0. The Morgan fingerprint density at radius 1 is 1.38 bits per heavy atom. The van der Waals surface area contributed by atoms with E-state index in [-0.39, 0.29) is 5.78 Å². The van der Waals surface area contributed by atoms with Crippen LogP contribution >= 0.6 is 0 Å². The molecule has 0 saturated heterocycles. The molecule has 0 bridgehead atoms. The Hall–Kier alpha value is -1.90. The van der Waals surface area contributed by atoms with Gasteiger partial charge in [0.1, 0.15) is 5.69 Å². The standard InChI is InChI=1S/C13H14N2O/c1-2-5-13(16)12-8-10(14)9-6-3-4-7-11(9)15-12/h3-4,6-8H,2,5H2,1H3,(H2,14,15). The molecule has 0 fully saturated rings. The molecule has 0 unspecified atom stereocenters. The molecule has 2 rings (SSSR count). The summed E-state index contributed by atoms with van der Waals surface area (Å²) in [6.45, 7) is 1.97. The van der Waals surface area contributed by atoms with Crippen LogP contribution in [-0.4, -0.2) is 10.8 Å². The lowest BCUT2D eigenvalue weighted by Crippen LogP contribution is -2.03. The molecule has 0 aliphatic carbocycles. The van der Waals surface area contributed by atoms with Gasteiger partial charge in [-0.15, -0.1) is 0 Å². The predicted molar refractivity (Wildman–Crippen MR) is 65.4 cm³/mol. The maximum Gasteiger partial charge on any atom is 0.181 e. The highest BCUT2D eigenvalue weighted by molar-refractivity contribution is 6.00. The van der Waals surface area contributed by atoms with Gasteiger partial charge in [0.15, 0.2) is 5.78 Å². The number of nitrogens with two attached hydrogens (primary N) is 1. The molecule has 3 nitrogen and oxygen atoms in total. The van der Waals surface area contributed by atoms with Gasteiger partial charge in [-0.25, -0.2) is 4.98 Å². The molecule has 0 amide bonds. The molecule has 1 aromatic heterocycles. The van der Waals surface area contributed by atoms with Crippen LogP contribution in [0.3, 0.4) is 0 Å². The average molecular weight is 214 g/mol. The van der Waals surface area contributed by atoms with E-state index < -0.39 is 0 Å². The van der Waals surface area contributed by atoms with Crippen molar-refractivity contribution in [2.75, 3.05) is 5.73 Å². The minimum absolute atomic E-state index is 0.0555. The number of benzene rings is 1. The van der Waals surface area contributed by atoms with E-state index in [4.69, 9.17) is 5.73 Å². The Morgan fingerprint density at radius 3 is 2.88 bits per heavy atom. The number of hydrogen-bond acceptors (Lipinski definition) is 3. The zero-order chi connectivity index (χ0) is 11.5. The van der Waals surface area contributed by atoms with E-state index in [1.165, 1.54) is 0 Å². The molecule has 16 heavy (non-hydrogen) atoms. The van der Waals surface area contributed by atoms with Gasteiger partial charge in [-0.2, -0.15) is 0 Å². The van der Waals surface area contributed by atoms with Crippen LogP contribution in [0.1, 0.15) is 30.3 Å². The molecule has 3 heteroatoms. The minimum atomic E-state index is 0.0555. The summed E-state index contributed by atoms with van der Waals surface area (Å²) in [6.07, 6.45) is 1.35. The first-order valence-electron chi connectivity index (χ1n) is 5.41. The highest BCUT2D eigenvalue weighted by Crippen LogP contribution is 2.20. The topological polar surface area (TPSA) is 56.0 Å². The number of fused-ring (bicyclic) bond motifs is 1. The largest absolute Gasteiger partial charge is 0.398 e. The third-order valence-corrected chi connectivity index (χ3v) is 2.51. The first kappa shape index (κ1) is 10.6. The number of hydrogen-bond donors (Lipinski definition) is 1. The lowest BCUT2D eigenvalue weighted by atomic mass is 10.1. The smallest absolute Gasteiger partial charge is 0.181 e. The van der Waals surface area contributed by atoms with Crippen molar-refractivity contribution in [2.24, 2.45) is 0 Å². The summed E-state index contributed by atoms with van der Waals surface area (Å²) in [5, 5.41) is 0.899. The quantitative estimate of drug-likeness (QED) is 0.799. The number of Topliss-reactive ketones (excluding diaryl/α,β-unsaturated/α-hetero) is 1. The molecule has 2 aromatic rings. The van der Waals surface area contributed by atoms with Gasteiger partial charge in [-0.1, -0.05) is 25.1 Å². The van der Waals surface area contributed by atoms with Crippen molar-refractivity contribution >= 4 is 22.4 Å². The number of carbonyl (C=O) groups is 1. The number of nitrogen functional groups attached to an aromatic ring is 1. The third kappa shape index (κ3) is 1.89. The van der Waals surface area contributed by atoms with E-state index in [1.54, 1.807) is 6.07 Å². The first-order chi connectivity index (χ1) is 7.72. The highest BCUT2D eigenvalue weighted by Gasteiger charge is 2.09. The van der Waals surface area contributed by atoms with Crippen LogP contribution in [0, 0.1) is 0 Å². The lowest BCUT2D eigenvalue weighted by Gasteiger charge is -2.04. The van der Waals surface area contributed by atoms with Crippen LogP contribution in [0.4, 0.5) is 5.69 Å². The second-order valence-electron chi connectivity index (χ2n) is 3.79. The van der Waals surface area contributed by atoms with E-state index in [0.717, 1.165) is 17.3 Å². The minimum Gasteiger partial charge on any atom is -0.398 e. The van der Waals surface area contributed by atoms with Crippen molar-refractivity contribution in [2.45, 2.75) is 19.8 Å². The number of nitrogens with zero attached hydrogens (tertiary/aromatic N) is 1. The molecule has 0 radical (unpaired) electrons. The van der Waals surface area contributed by atoms with Gasteiger partial charge in [0.05, 0.1) is 5.52 Å². The number of anilines is 1. The number of ketones is 1. The van der Waals surface area contributed by atoms with Crippen molar-refractivity contribution in [1.29, 1.82) is 0 Å². The van der Waals surface area contributed by atoms with E-state index in [1.807, 2.05) is 31.2 Å². The summed E-state index contributed by atoms with van der Waals surface area (Å²) >= 11 is 0. The summed E-state index contributed by atoms with van der Waals surface area (Å²) in [6, 6.07) is 9.25. The second-order valence-corrected chi connectivity index (χ2v) is 3.79. The Balaban J connectivity index is 2.53. The Kier molecular flexibility index (Phi) is 2.86. The van der Waals surface area contributed by atoms with Crippen molar-refractivity contribution in [3.63, 3.8) is 0 Å². The van der Waals surface area contributed by atoms with E-state index in [9.17, 15) is 4.79 Å². The maximum absolute atomic E-state index is 11.7. The van der Waals surface area contributed by atoms with E-state index in [0.29, 0.717) is 17.8 Å². The number of carbonyl (C=O) groups excluding carboxylic acids is 1. The molecule has 1 heterocycles. The molecule has 0 saturated carbocycles. The molecule has 0 spiro atoms. The monoisotopic (exact) mass is 214 g/mol. The van der Waals surface area contributed by atoms with Crippen LogP contribution in [0.2, 0.25) is 0 Å². The van der Waals surface area contributed by atoms with Gasteiger partial charge >= 0.3 is 0 Å². The van der Waals surface area contributed by atoms with Gasteiger partial charge in [-0.3, -0.25) is 4.79 Å². The van der Waals surface area contributed by atoms with Gasteiger partial charge in [0.2, 0.25) is 0 Å². The Morgan fingerprint density at radius 2 is 2.12 bits per heavy atom. The van der Waals surface area contributed by atoms with Crippen LogP contribution < -0.4 is 5.73 Å². The van der Waals surface area contributed by atoms with E-state index in [2.05, 4.69) is 4.98 Å². The number of pyridine rings is 1. The van der Waals surface area contributed by atoms with Gasteiger partial charge < -0.3 is 5.73 Å². The summed E-state index contributed by atoms with van der Waals surface area (Å²) in [5.41, 5.74) is 7.76. The van der Waals surface area contributed by atoms with Crippen molar-refractivity contribution in [3.8, 4) is 0 Å². The van der Waals surface area contributed by atoms with Crippen LogP contribution in [0.25, 0.3) is 10.9 Å². The second kappa shape index (κ2) is 4.31. The highest BCUT2D eigenvalue weighted by atomic mass is 16.1. The average Bonchev–Trinajstić information content (AvgIpc) is 2.29. The SMILES string of the molecule is CCCC(=O)c1cc(N)c2ccccc2n1. The van der Waals surface area contributed by atoms with Gasteiger partial charge in [0, 0.05) is 17.5 Å². The fourth-order valence-corrected chi connectivity index (χ4v) is 1.70. The van der Waals surface area contributed by atoms with Crippen LogP contribution in [-0.2, 0) is 0 Å². The number of rotatable bonds is 3. The van der Waals surface area contributed by atoms with Crippen LogP contribution in [0.15, 0.2) is 30.3 Å². The van der Waals surface area contributed by atoms with Crippen LogP contribution in [0.5, 0.6) is 0 Å². The third-order valence-electron chi connectivity index (χ3n) is 2.51. The molecular formula is C13H14N2O. The number of para-hydroxylation sites is 1. The maximum atomic E-state index is 11.7. The molecular weight excluding hydrogens is 200 g/mol. The lowest BCUT2D eigenvalue weighted by molar-refractivity contribution is 0.0977. The molecule has 0 aliphatic heterocycles.